The van der Waals surface area contributed by atoms with Gasteiger partial charge in [-0.05, 0) is 49.8 Å². The molecule has 1 aromatic rings. The van der Waals surface area contributed by atoms with Crippen molar-refractivity contribution in [1.29, 1.82) is 0 Å². The maximum atomic E-state index is 3.71. The Kier molecular flexibility index (Phi) is 4.00. The zero-order valence-electron chi connectivity index (χ0n) is 10.5. The molecule has 1 aliphatic rings. The van der Waals surface area contributed by atoms with Gasteiger partial charge in [0.15, 0.2) is 0 Å². The summed E-state index contributed by atoms with van der Waals surface area (Å²) in [5.41, 5.74) is 3.02. The van der Waals surface area contributed by atoms with E-state index in [1.165, 1.54) is 31.2 Å². The largest absolute Gasteiger partial charge is 0.313 e. The quantitative estimate of drug-likeness (QED) is 0.812. The average Bonchev–Trinajstić information content (AvgIpc) is 2.75. The van der Waals surface area contributed by atoms with Gasteiger partial charge in [-0.15, -0.1) is 0 Å². The highest BCUT2D eigenvalue weighted by molar-refractivity contribution is 5.31. The Bertz CT molecular complexity index is 332. The Morgan fingerprint density at radius 2 is 2.06 bits per heavy atom. The van der Waals surface area contributed by atoms with Crippen molar-refractivity contribution in [3.8, 4) is 0 Å². The number of benzene rings is 1. The van der Waals surface area contributed by atoms with Gasteiger partial charge in [-0.2, -0.15) is 0 Å². The summed E-state index contributed by atoms with van der Waals surface area (Å²) in [6.45, 7) is 5.64. The van der Waals surface area contributed by atoms with Gasteiger partial charge in [0.1, 0.15) is 0 Å². The van der Waals surface area contributed by atoms with Gasteiger partial charge in [-0.1, -0.05) is 37.6 Å². The Morgan fingerprint density at radius 3 is 2.81 bits per heavy atom. The van der Waals surface area contributed by atoms with Gasteiger partial charge in [-0.25, -0.2) is 0 Å². The van der Waals surface area contributed by atoms with Gasteiger partial charge in [0, 0.05) is 6.04 Å². The van der Waals surface area contributed by atoms with E-state index in [2.05, 4.69) is 43.4 Å². The molecule has 1 aromatic carbocycles. The summed E-state index contributed by atoms with van der Waals surface area (Å²) >= 11 is 0. The highest BCUT2D eigenvalue weighted by Gasteiger charge is 2.28. The standard InChI is InChI=1S/C15H23N/c1-3-11-16-15-10-6-9-14(15)13-8-5-4-7-12(13)2/h4-5,7-8,14-16H,3,6,9-11H2,1-2H3. The average molecular weight is 217 g/mol. The monoisotopic (exact) mass is 217 g/mol. The first-order valence-electron chi connectivity index (χ1n) is 6.62. The van der Waals surface area contributed by atoms with Crippen molar-refractivity contribution < 1.29 is 0 Å². The molecule has 2 unspecified atom stereocenters. The second-order valence-corrected chi connectivity index (χ2v) is 4.95. The molecule has 0 heterocycles. The third kappa shape index (κ3) is 2.46. The molecule has 1 fully saturated rings. The van der Waals surface area contributed by atoms with Gasteiger partial charge in [-0.3, -0.25) is 0 Å². The van der Waals surface area contributed by atoms with Crippen LogP contribution in [0, 0.1) is 6.92 Å². The molecule has 1 saturated carbocycles. The van der Waals surface area contributed by atoms with Crippen LogP contribution in [0.25, 0.3) is 0 Å². The molecule has 0 saturated heterocycles. The summed E-state index contributed by atoms with van der Waals surface area (Å²) in [4.78, 5) is 0. The topological polar surface area (TPSA) is 12.0 Å². The Labute approximate surface area is 99.3 Å². The summed E-state index contributed by atoms with van der Waals surface area (Å²) in [7, 11) is 0. The molecular weight excluding hydrogens is 194 g/mol. The molecular formula is C15H23N. The predicted molar refractivity (Wildman–Crippen MR) is 69.9 cm³/mol. The van der Waals surface area contributed by atoms with Crippen LogP contribution in [-0.2, 0) is 0 Å². The Hall–Kier alpha value is -0.820. The van der Waals surface area contributed by atoms with E-state index in [1.807, 2.05) is 0 Å². The second-order valence-electron chi connectivity index (χ2n) is 4.95. The normalized spacial score (nSPS) is 24.9. The third-order valence-electron chi connectivity index (χ3n) is 3.76. The van der Waals surface area contributed by atoms with Gasteiger partial charge in [0.2, 0.25) is 0 Å². The summed E-state index contributed by atoms with van der Waals surface area (Å²) in [6.07, 6.45) is 5.31. The van der Waals surface area contributed by atoms with Gasteiger partial charge < -0.3 is 5.32 Å². The van der Waals surface area contributed by atoms with E-state index in [-0.39, 0.29) is 0 Å². The second kappa shape index (κ2) is 5.49. The van der Waals surface area contributed by atoms with Crippen LogP contribution in [0.5, 0.6) is 0 Å². The molecule has 1 N–H and O–H groups in total. The van der Waals surface area contributed by atoms with Crippen molar-refractivity contribution in [1.82, 2.24) is 5.32 Å². The van der Waals surface area contributed by atoms with Crippen LogP contribution in [0.4, 0.5) is 0 Å². The fraction of sp³-hybridized carbons (Fsp3) is 0.600. The lowest BCUT2D eigenvalue weighted by molar-refractivity contribution is 0.478. The molecule has 88 valence electrons. The number of aryl methyl sites for hydroxylation is 1. The molecule has 0 spiro atoms. The molecule has 1 heteroatoms. The van der Waals surface area contributed by atoms with E-state index in [9.17, 15) is 0 Å². The Balaban J connectivity index is 2.10. The molecule has 0 aromatic heterocycles. The van der Waals surface area contributed by atoms with E-state index >= 15 is 0 Å². The summed E-state index contributed by atoms with van der Waals surface area (Å²) in [6, 6.07) is 9.58. The molecule has 0 bridgehead atoms. The minimum absolute atomic E-state index is 0.709. The number of hydrogen-bond donors (Lipinski definition) is 1. The van der Waals surface area contributed by atoms with Crippen molar-refractivity contribution in [3.63, 3.8) is 0 Å². The number of nitrogens with one attached hydrogen (secondary N) is 1. The van der Waals surface area contributed by atoms with Crippen LogP contribution in [-0.4, -0.2) is 12.6 Å². The van der Waals surface area contributed by atoms with Crippen LogP contribution in [0.3, 0.4) is 0 Å². The maximum absolute atomic E-state index is 3.71. The van der Waals surface area contributed by atoms with E-state index in [0.717, 1.165) is 12.5 Å². The third-order valence-corrected chi connectivity index (χ3v) is 3.76. The highest BCUT2D eigenvalue weighted by atomic mass is 14.9. The lowest BCUT2D eigenvalue weighted by Crippen LogP contribution is -2.32. The molecule has 1 aliphatic carbocycles. The summed E-state index contributed by atoms with van der Waals surface area (Å²) in [5.74, 6) is 0.743. The molecule has 0 amide bonds. The van der Waals surface area contributed by atoms with Gasteiger partial charge in [0.05, 0.1) is 0 Å². The zero-order chi connectivity index (χ0) is 11.4. The van der Waals surface area contributed by atoms with Crippen molar-refractivity contribution in [2.24, 2.45) is 0 Å². The Morgan fingerprint density at radius 1 is 1.25 bits per heavy atom. The smallest absolute Gasteiger partial charge is 0.0136 e. The van der Waals surface area contributed by atoms with Gasteiger partial charge in [0.25, 0.3) is 0 Å². The molecule has 2 atom stereocenters. The van der Waals surface area contributed by atoms with Crippen molar-refractivity contribution in [2.45, 2.75) is 51.5 Å². The zero-order valence-corrected chi connectivity index (χ0v) is 10.5. The van der Waals surface area contributed by atoms with E-state index in [1.54, 1.807) is 5.56 Å². The maximum Gasteiger partial charge on any atom is 0.0136 e. The van der Waals surface area contributed by atoms with Gasteiger partial charge >= 0.3 is 0 Å². The van der Waals surface area contributed by atoms with Crippen LogP contribution < -0.4 is 5.32 Å². The molecule has 16 heavy (non-hydrogen) atoms. The van der Waals surface area contributed by atoms with Crippen LogP contribution in [0.1, 0.15) is 49.7 Å². The fourth-order valence-electron chi connectivity index (χ4n) is 2.91. The van der Waals surface area contributed by atoms with Crippen molar-refractivity contribution in [3.05, 3.63) is 35.4 Å². The van der Waals surface area contributed by atoms with E-state index in [4.69, 9.17) is 0 Å². The summed E-state index contributed by atoms with van der Waals surface area (Å²) in [5, 5.41) is 3.71. The first-order chi connectivity index (χ1) is 7.83. The highest BCUT2D eigenvalue weighted by Crippen LogP contribution is 2.35. The van der Waals surface area contributed by atoms with Crippen LogP contribution in [0.2, 0.25) is 0 Å². The lowest BCUT2D eigenvalue weighted by atomic mass is 9.90. The minimum atomic E-state index is 0.709. The number of hydrogen-bond acceptors (Lipinski definition) is 1. The lowest BCUT2D eigenvalue weighted by Gasteiger charge is -2.22. The predicted octanol–water partition coefficient (Wildman–Crippen LogP) is 3.63. The summed E-state index contributed by atoms with van der Waals surface area (Å²) < 4.78 is 0. The van der Waals surface area contributed by atoms with Crippen LogP contribution in [0.15, 0.2) is 24.3 Å². The molecule has 0 radical (unpaired) electrons. The molecule has 2 rings (SSSR count). The van der Waals surface area contributed by atoms with E-state index in [0.29, 0.717) is 6.04 Å². The van der Waals surface area contributed by atoms with Crippen molar-refractivity contribution in [2.75, 3.05) is 6.54 Å². The molecule has 1 nitrogen and oxygen atoms in total. The molecule has 0 aliphatic heterocycles. The van der Waals surface area contributed by atoms with Crippen molar-refractivity contribution >= 4 is 0 Å². The van der Waals surface area contributed by atoms with Crippen LogP contribution >= 0.6 is 0 Å². The fourth-order valence-corrected chi connectivity index (χ4v) is 2.91. The van der Waals surface area contributed by atoms with E-state index < -0.39 is 0 Å². The first-order valence-corrected chi connectivity index (χ1v) is 6.62. The number of rotatable bonds is 4. The first kappa shape index (κ1) is 11.7. The SMILES string of the molecule is CCCNC1CCCC1c1ccccc1C. The minimum Gasteiger partial charge on any atom is -0.313 e.